The van der Waals surface area contributed by atoms with E-state index in [0.717, 1.165) is 26.2 Å². The van der Waals surface area contributed by atoms with E-state index in [2.05, 4.69) is 68.0 Å². The molecule has 7 heteroatoms. The van der Waals surface area contributed by atoms with Crippen molar-refractivity contribution in [2.75, 3.05) is 27.2 Å². The van der Waals surface area contributed by atoms with Crippen LogP contribution in [0.1, 0.15) is 17.3 Å². The molecule has 0 N–H and O–H groups in total. The molecule has 4 rings (SSSR count). The lowest BCUT2D eigenvalue weighted by Gasteiger charge is -2.24. The standard InChI is InChI=1S/C19H25N7/c1-23(2)18-13-24(14-19(18)26-9-8-21-22-26)12-17-10-20-15-25(17)11-16-6-4-3-5-7-16/h3-10,15,18-19H,11-14H2,1-2H3/t18-,19+/m1/s1. The number of aromatic nitrogens is 5. The second-order valence-corrected chi connectivity index (χ2v) is 7.17. The van der Waals surface area contributed by atoms with Gasteiger partial charge in [-0.25, -0.2) is 9.67 Å². The van der Waals surface area contributed by atoms with Gasteiger partial charge in [0.25, 0.3) is 0 Å². The number of rotatable bonds is 6. The van der Waals surface area contributed by atoms with Crippen molar-refractivity contribution >= 4 is 0 Å². The molecule has 2 aromatic heterocycles. The third-order valence-corrected chi connectivity index (χ3v) is 5.16. The molecule has 26 heavy (non-hydrogen) atoms. The number of benzene rings is 1. The van der Waals surface area contributed by atoms with Crippen molar-refractivity contribution in [1.82, 2.24) is 34.3 Å². The fourth-order valence-electron chi connectivity index (χ4n) is 3.77. The van der Waals surface area contributed by atoms with E-state index in [1.165, 1.54) is 11.3 Å². The first-order valence-corrected chi connectivity index (χ1v) is 8.98. The minimum Gasteiger partial charge on any atom is -0.329 e. The van der Waals surface area contributed by atoms with Crippen molar-refractivity contribution in [2.24, 2.45) is 0 Å². The highest BCUT2D eigenvalue weighted by molar-refractivity contribution is 5.16. The Bertz CT molecular complexity index is 810. The van der Waals surface area contributed by atoms with E-state index in [1.54, 1.807) is 6.20 Å². The van der Waals surface area contributed by atoms with Crippen molar-refractivity contribution in [3.63, 3.8) is 0 Å². The summed E-state index contributed by atoms with van der Waals surface area (Å²) in [5, 5.41) is 8.22. The molecular weight excluding hydrogens is 326 g/mol. The number of likely N-dealkylation sites (N-methyl/N-ethyl adjacent to an activating group) is 1. The molecule has 7 nitrogen and oxygen atoms in total. The topological polar surface area (TPSA) is 55.0 Å². The summed E-state index contributed by atoms with van der Waals surface area (Å²) in [7, 11) is 4.27. The van der Waals surface area contributed by atoms with Crippen molar-refractivity contribution in [1.29, 1.82) is 0 Å². The first-order valence-electron chi connectivity index (χ1n) is 8.98. The van der Waals surface area contributed by atoms with E-state index in [1.807, 2.05) is 29.5 Å². The van der Waals surface area contributed by atoms with E-state index in [0.29, 0.717) is 12.1 Å². The van der Waals surface area contributed by atoms with Crippen molar-refractivity contribution < 1.29 is 0 Å². The second kappa shape index (κ2) is 7.39. The van der Waals surface area contributed by atoms with Crippen LogP contribution < -0.4 is 0 Å². The van der Waals surface area contributed by atoms with Crippen LogP contribution in [0.15, 0.2) is 55.2 Å². The summed E-state index contributed by atoms with van der Waals surface area (Å²) in [5.41, 5.74) is 2.53. The van der Waals surface area contributed by atoms with Crippen LogP contribution in [-0.4, -0.2) is 67.6 Å². The highest BCUT2D eigenvalue weighted by Gasteiger charge is 2.36. The van der Waals surface area contributed by atoms with Crippen LogP contribution in [0.2, 0.25) is 0 Å². The summed E-state index contributed by atoms with van der Waals surface area (Å²) < 4.78 is 4.23. The lowest BCUT2D eigenvalue weighted by atomic mass is 10.1. The smallest absolute Gasteiger partial charge is 0.0951 e. The fourth-order valence-corrected chi connectivity index (χ4v) is 3.77. The van der Waals surface area contributed by atoms with E-state index in [-0.39, 0.29) is 0 Å². The third-order valence-electron chi connectivity index (χ3n) is 5.16. The number of nitrogens with zero attached hydrogens (tertiary/aromatic N) is 7. The molecule has 0 saturated carbocycles. The van der Waals surface area contributed by atoms with Gasteiger partial charge in [0.2, 0.25) is 0 Å². The summed E-state index contributed by atoms with van der Waals surface area (Å²) in [6, 6.07) is 11.3. The quantitative estimate of drug-likeness (QED) is 0.674. The van der Waals surface area contributed by atoms with Gasteiger partial charge in [0.15, 0.2) is 0 Å². The average Bonchev–Trinajstić information content (AvgIpc) is 3.37. The maximum absolute atomic E-state index is 4.38. The highest BCUT2D eigenvalue weighted by atomic mass is 15.5. The summed E-state index contributed by atoms with van der Waals surface area (Å²) in [6.45, 7) is 3.72. The molecule has 2 atom stereocenters. The van der Waals surface area contributed by atoms with Crippen molar-refractivity contribution in [3.05, 3.63) is 66.5 Å². The molecule has 1 fully saturated rings. The summed E-state index contributed by atoms with van der Waals surface area (Å²) in [6.07, 6.45) is 7.63. The zero-order valence-corrected chi connectivity index (χ0v) is 15.3. The predicted octanol–water partition coefficient (Wildman–Crippen LogP) is 1.51. The summed E-state index contributed by atoms with van der Waals surface area (Å²) in [5.74, 6) is 0. The molecule has 1 aliphatic rings. The number of imidazole rings is 1. The van der Waals surface area contributed by atoms with Crippen LogP contribution in [0, 0.1) is 0 Å². The minimum atomic E-state index is 0.318. The number of hydrogen-bond acceptors (Lipinski definition) is 5. The molecule has 0 spiro atoms. The van der Waals surface area contributed by atoms with Crippen LogP contribution in [-0.2, 0) is 13.1 Å². The second-order valence-electron chi connectivity index (χ2n) is 7.17. The molecule has 1 aromatic carbocycles. The van der Waals surface area contributed by atoms with Crippen LogP contribution >= 0.6 is 0 Å². The molecule has 0 bridgehead atoms. The molecule has 0 unspecified atom stereocenters. The predicted molar refractivity (Wildman–Crippen MR) is 99.6 cm³/mol. The van der Waals surface area contributed by atoms with E-state index in [9.17, 15) is 0 Å². The van der Waals surface area contributed by atoms with E-state index < -0.39 is 0 Å². The first kappa shape index (κ1) is 16.9. The Morgan fingerprint density at radius 2 is 1.96 bits per heavy atom. The van der Waals surface area contributed by atoms with Gasteiger partial charge in [-0.2, -0.15) is 0 Å². The van der Waals surface area contributed by atoms with Gasteiger partial charge in [-0.15, -0.1) is 5.10 Å². The molecule has 1 aliphatic heterocycles. The van der Waals surface area contributed by atoms with E-state index >= 15 is 0 Å². The van der Waals surface area contributed by atoms with Gasteiger partial charge in [0, 0.05) is 44.6 Å². The Labute approximate surface area is 153 Å². The Morgan fingerprint density at radius 1 is 1.12 bits per heavy atom. The largest absolute Gasteiger partial charge is 0.329 e. The van der Waals surface area contributed by atoms with Gasteiger partial charge in [-0.05, 0) is 19.7 Å². The van der Waals surface area contributed by atoms with Gasteiger partial charge < -0.3 is 9.47 Å². The van der Waals surface area contributed by atoms with Crippen LogP contribution in [0.4, 0.5) is 0 Å². The Kier molecular flexibility index (Phi) is 4.81. The minimum absolute atomic E-state index is 0.318. The maximum atomic E-state index is 4.38. The molecule has 0 amide bonds. The molecule has 0 radical (unpaired) electrons. The van der Waals surface area contributed by atoms with Gasteiger partial charge >= 0.3 is 0 Å². The van der Waals surface area contributed by atoms with Gasteiger partial charge in [0.05, 0.1) is 24.3 Å². The molecule has 0 aliphatic carbocycles. The van der Waals surface area contributed by atoms with Crippen LogP contribution in [0.25, 0.3) is 0 Å². The van der Waals surface area contributed by atoms with Gasteiger partial charge in [-0.1, -0.05) is 35.5 Å². The SMILES string of the molecule is CN(C)[C@@H]1CN(Cc2cncn2Cc2ccccc2)C[C@@H]1n1ccnn1. The fraction of sp³-hybridized carbons (Fsp3) is 0.421. The molecule has 3 heterocycles. The summed E-state index contributed by atoms with van der Waals surface area (Å²) in [4.78, 5) is 9.15. The zero-order valence-electron chi connectivity index (χ0n) is 15.3. The van der Waals surface area contributed by atoms with Crippen LogP contribution in [0.3, 0.4) is 0 Å². The number of hydrogen-bond donors (Lipinski definition) is 0. The monoisotopic (exact) mass is 351 g/mol. The van der Waals surface area contributed by atoms with Crippen LogP contribution in [0.5, 0.6) is 0 Å². The lowest BCUT2D eigenvalue weighted by Crippen LogP contribution is -2.36. The Balaban J connectivity index is 1.47. The highest BCUT2D eigenvalue weighted by Crippen LogP contribution is 2.26. The van der Waals surface area contributed by atoms with Gasteiger partial charge in [-0.3, -0.25) is 4.90 Å². The molecule has 136 valence electrons. The van der Waals surface area contributed by atoms with Crippen molar-refractivity contribution in [3.8, 4) is 0 Å². The summed E-state index contributed by atoms with van der Waals surface area (Å²) >= 11 is 0. The molecule has 3 aromatic rings. The average molecular weight is 351 g/mol. The molecule has 1 saturated heterocycles. The Morgan fingerprint density at radius 3 is 2.69 bits per heavy atom. The molecular formula is C19H25N7. The zero-order chi connectivity index (χ0) is 17.9. The lowest BCUT2D eigenvalue weighted by molar-refractivity contribution is 0.236. The van der Waals surface area contributed by atoms with Gasteiger partial charge in [0.1, 0.15) is 0 Å². The van der Waals surface area contributed by atoms with E-state index in [4.69, 9.17) is 0 Å². The Hall–Kier alpha value is -2.51. The maximum Gasteiger partial charge on any atom is 0.0951 e. The first-order chi connectivity index (χ1) is 12.7. The third kappa shape index (κ3) is 3.54. The van der Waals surface area contributed by atoms with Crippen molar-refractivity contribution in [2.45, 2.75) is 25.2 Å². The normalized spacial score (nSPS) is 20.9. The number of likely N-dealkylation sites (tertiary alicyclic amines) is 1.